The highest BCUT2D eigenvalue weighted by Gasteiger charge is 2.04. The lowest BCUT2D eigenvalue weighted by molar-refractivity contribution is 0.0955. The Kier molecular flexibility index (Phi) is 5.59. The molecule has 0 fully saturated rings. The maximum atomic E-state index is 12.1. The van der Waals surface area contributed by atoms with Gasteiger partial charge in [-0.2, -0.15) is 5.10 Å². The molecular weight excluding hydrogens is 342 g/mol. The lowest BCUT2D eigenvalue weighted by atomic mass is 10.2. The molecular formula is C21H17N3O3. The van der Waals surface area contributed by atoms with Gasteiger partial charge >= 0.3 is 0 Å². The van der Waals surface area contributed by atoms with Crippen molar-refractivity contribution < 1.29 is 15.0 Å². The van der Waals surface area contributed by atoms with Crippen molar-refractivity contribution >= 4 is 24.0 Å². The van der Waals surface area contributed by atoms with Gasteiger partial charge in [0.2, 0.25) is 0 Å². The molecule has 0 aliphatic heterocycles. The van der Waals surface area contributed by atoms with Crippen LogP contribution in [0.2, 0.25) is 0 Å². The highest BCUT2D eigenvalue weighted by atomic mass is 16.3. The molecule has 0 spiro atoms. The zero-order chi connectivity index (χ0) is 19.1. The normalized spacial score (nSPS) is 11.1. The van der Waals surface area contributed by atoms with Crippen molar-refractivity contribution in [1.29, 1.82) is 0 Å². The highest BCUT2D eigenvalue weighted by molar-refractivity contribution is 5.95. The average molecular weight is 359 g/mol. The minimum atomic E-state index is -0.377. The number of phenols is 2. The van der Waals surface area contributed by atoms with Gasteiger partial charge in [-0.25, -0.2) is 5.43 Å². The quantitative estimate of drug-likeness (QED) is 0.480. The number of aromatic hydroxyl groups is 2. The number of carbonyl (C=O) groups excluding carboxylic acids is 1. The number of benzene rings is 3. The molecule has 0 heterocycles. The first-order chi connectivity index (χ1) is 13.1. The Bertz CT molecular complexity index is 996. The van der Waals surface area contributed by atoms with Gasteiger partial charge in [0.15, 0.2) is 0 Å². The number of hydrazone groups is 1. The molecule has 6 heteroatoms. The number of hydrogen-bond donors (Lipinski definition) is 3. The first kappa shape index (κ1) is 17.9. The highest BCUT2D eigenvalue weighted by Crippen LogP contribution is 2.17. The molecule has 0 unspecified atom stereocenters. The number of phenolic OH excluding ortho intramolecular Hbond substituents is 2. The predicted octanol–water partition coefficient (Wildman–Crippen LogP) is 3.61. The van der Waals surface area contributed by atoms with Gasteiger partial charge in [-0.1, -0.05) is 24.3 Å². The van der Waals surface area contributed by atoms with Crippen molar-refractivity contribution in [3.8, 4) is 11.5 Å². The van der Waals surface area contributed by atoms with E-state index in [2.05, 4.69) is 15.5 Å². The van der Waals surface area contributed by atoms with Crippen LogP contribution in [0.1, 0.15) is 21.5 Å². The SMILES string of the molecule is O=C(N/N=C\c1ccccc1O)c1ccc(N=Cc2ccccc2O)cc1. The predicted molar refractivity (Wildman–Crippen MR) is 105 cm³/mol. The maximum absolute atomic E-state index is 12.1. The summed E-state index contributed by atoms with van der Waals surface area (Å²) < 4.78 is 0. The standard InChI is InChI=1S/C21H17N3O3/c25-19-7-3-1-5-16(19)13-22-18-11-9-15(10-12-18)21(27)24-23-14-17-6-2-4-8-20(17)26/h1-14,25-26H,(H,24,27)/b22-13?,23-14-. The van der Waals surface area contributed by atoms with Crippen LogP contribution in [0.3, 0.4) is 0 Å². The molecule has 0 saturated heterocycles. The summed E-state index contributed by atoms with van der Waals surface area (Å²) in [7, 11) is 0. The van der Waals surface area contributed by atoms with Gasteiger partial charge < -0.3 is 10.2 Å². The van der Waals surface area contributed by atoms with E-state index in [9.17, 15) is 15.0 Å². The molecule has 3 N–H and O–H groups in total. The Balaban J connectivity index is 1.62. The fourth-order valence-corrected chi connectivity index (χ4v) is 2.26. The number of nitrogens with zero attached hydrogens (tertiary/aromatic N) is 2. The van der Waals surface area contributed by atoms with Gasteiger partial charge in [-0.15, -0.1) is 0 Å². The Labute approximate surface area is 156 Å². The van der Waals surface area contributed by atoms with Gasteiger partial charge in [-0.3, -0.25) is 9.79 Å². The lowest BCUT2D eigenvalue weighted by Gasteiger charge is -2.01. The summed E-state index contributed by atoms with van der Waals surface area (Å²) in [6.07, 6.45) is 2.93. The number of nitrogens with one attached hydrogen (secondary N) is 1. The van der Waals surface area contributed by atoms with E-state index in [1.165, 1.54) is 12.3 Å². The number of para-hydroxylation sites is 2. The van der Waals surface area contributed by atoms with Gasteiger partial charge in [0, 0.05) is 22.9 Å². The maximum Gasteiger partial charge on any atom is 0.271 e. The smallest absolute Gasteiger partial charge is 0.271 e. The zero-order valence-corrected chi connectivity index (χ0v) is 14.3. The molecule has 0 radical (unpaired) electrons. The van der Waals surface area contributed by atoms with Crippen molar-refractivity contribution in [3.05, 3.63) is 89.5 Å². The first-order valence-corrected chi connectivity index (χ1v) is 8.17. The van der Waals surface area contributed by atoms with Crippen molar-refractivity contribution in [1.82, 2.24) is 5.43 Å². The minimum absolute atomic E-state index is 0.0853. The van der Waals surface area contributed by atoms with Gasteiger partial charge in [0.05, 0.1) is 11.9 Å². The second-order valence-corrected chi connectivity index (χ2v) is 5.62. The molecule has 0 aliphatic rings. The lowest BCUT2D eigenvalue weighted by Crippen LogP contribution is -2.17. The Hall–Kier alpha value is -3.93. The Morgan fingerprint density at radius 3 is 1.93 bits per heavy atom. The number of hydrogen-bond acceptors (Lipinski definition) is 5. The molecule has 6 nitrogen and oxygen atoms in total. The van der Waals surface area contributed by atoms with Crippen LogP contribution >= 0.6 is 0 Å². The largest absolute Gasteiger partial charge is 0.507 e. The van der Waals surface area contributed by atoms with Crippen LogP contribution in [0.15, 0.2) is 82.9 Å². The third-order valence-electron chi connectivity index (χ3n) is 3.73. The molecule has 0 atom stereocenters. The minimum Gasteiger partial charge on any atom is -0.507 e. The molecule has 0 aliphatic carbocycles. The molecule has 0 aromatic heterocycles. The summed E-state index contributed by atoms with van der Waals surface area (Å²) in [6, 6.07) is 20.2. The molecule has 0 bridgehead atoms. The number of aliphatic imine (C=N–C) groups is 1. The van der Waals surface area contributed by atoms with Crippen LogP contribution in [0.5, 0.6) is 11.5 Å². The third-order valence-corrected chi connectivity index (χ3v) is 3.73. The molecule has 3 rings (SSSR count). The van der Waals surface area contributed by atoms with E-state index in [1.54, 1.807) is 66.9 Å². The summed E-state index contributed by atoms with van der Waals surface area (Å²) in [4.78, 5) is 16.4. The van der Waals surface area contributed by atoms with Crippen LogP contribution in [0.25, 0.3) is 0 Å². The van der Waals surface area contributed by atoms with Crippen molar-refractivity contribution in [2.75, 3.05) is 0 Å². The van der Waals surface area contributed by atoms with E-state index in [0.29, 0.717) is 22.4 Å². The summed E-state index contributed by atoms with van der Waals surface area (Å²) in [5, 5.41) is 23.2. The molecule has 27 heavy (non-hydrogen) atoms. The zero-order valence-electron chi connectivity index (χ0n) is 14.3. The summed E-state index contributed by atoms with van der Waals surface area (Å²) in [5.41, 5.74) is 4.59. The topological polar surface area (TPSA) is 94.3 Å². The molecule has 0 saturated carbocycles. The van der Waals surface area contributed by atoms with E-state index in [0.717, 1.165) is 0 Å². The van der Waals surface area contributed by atoms with Crippen LogP contribution in [0.4, 0.5) is 5.69 Å². The molecule has 3 aromatic carbocycles. The average Bonchev–Trinajstić information content (AvgIpc) is 2.69. The molecule has 3 aromatic rings. The van der Waals surface area contributed by atoms with E-state index >= 15 is 0 Å². The van der Waals surface area contributed by atoms with E-state index in [1.807, 2.05) is 6.07 Å². The fraction of sp³-hybridized carbons (Fsp3) is 0. The van der Waals surface area contributed by atoms with Gasteiger partial charge in [-0.05, 0) is 48.5 Å². The van der Waals surface area contributed by atoms with Crippen LogP contribution in [-0.4, -0.2) is 28.5 Å². The van der Waals surface area contributed by atoms with Gasteiger partial charge in [0.25, 0.3) is 5.91 Å². The Morgan fingerprint density at radius 2 is 1.33 bits per heavy atom. The van der Waals surface area contributed by atoms with Crippen LogP contribution < -0.4 is 5.43 Å². The summed E-state index contributed by atoms with van der Waals surface area (Å²) in [5.74, 6) is -0.139. The second kappa shape index (κ2) is 8.44. The summed E-state index contributed by atoms with van der Waals surface area (Å²) in [6.45, 7) is 0. The number of rotatable bonds is 5. The van der Waals surface area contributed by atoms with Gasteiger partial charge in [0.1, 0.15) is 11.5 Å². The summed E-state index contributed by atoms with van der Waals surface area (Å²) >= 11 is 0. The fourth-order valence-electron chi connectivity index (χ4n) is 2.26. The third kappa shape index (κ3) is 4.79. The first-order valence-electron chi connectivity index (χ1n) is 8.17. The number of carbonyl (C=O) groups is 1. The van der Waals surface area contributed by atoms with E-state index in [-0.39, 0.29) is 17.4 Å². The van der Waals surface area contributed by atoms with E-state index < -0.39 is 0 Å². The monoisotopic (exact) mass is 359 g/mol. The second-order valence-electron chi connectivity index (χ2n) is 5.62. The Morgan fingerprint density at radius 1 is 0.778 bits per heavy atom. The van der Waals surface area contributed by atoms with Crippen LogP contribution in [-0.2, 0) is 0 Å². The number of amides is 1. The molecule has 1 amide bonds. The van der Waals surface area contributed by atoms with Crippen LogP contribution in [0, 0.1) is 0 Å². The van der Waals surface area contributed by atoms with Crippen molar-refractivity contribution in [2.45, 2.75) is 0 Å². The van der Waals surface area contributed by atoms with Crippen molar-refractivity contribution in [3.63, 3.8) is 0 Å². The van der Waals surface area contributed by atoms with E-state index in [4.69, 9.17) is 0 Å². The molecule has 134 valence electrons. The van der Waals surface area contributed by atoms with Crippen molar-refractivity contribution in [2.24, 2.45) is 10.1 Å².